The molecule has 3 nitrogen and oxygen atoms in total. The van der Waals surface area contributed by atoms with Crippen molar-refractivity contribution in [1.82, 2.24) is 5.32 Å². The summed E-state index contributed by atoms with van der Waals surface area (Å²) in [6.45, 7) is 6.79. The van der Waals surface area contributed by atoms with Crippen molar-refractivity contribution in [2.45, 2.75) is 33.6 Å². The number of hydrogen-bond donors (Lipinski definition) is 2. The van der Waals surface area contributed by atoms with Crippen LogP contribution in [0.15, 0.2) is 18.2 Å². The predicted molar refractivity (Wildman–Crippen MR) is 75.7 cm³/mol. The molecular formula is C13H20N2OS. The summed E-state index contributed by atoms with van der Waals surface area (Å²) in [7, 11) is 0. The average Bonchev–Trinajstić information content (AvgIpc) is 2.28. The quantitative estimate of drug-likeness (QED) is 0.624. The molecule has 4 heteroatoms. The first-order chi connectivity index (χ1) is 8.06. The Balaban J connectivity index is 2.68. The second kappa shape index (κ2) is 6.55. The van der Waals surface area contributed by atoms with Gasteiger partial charge in [0.05, 0.1) is 5.69 Å². The molecule has 0 radical (unpaired) electrons. The van der Waals surface area contributed by atoms with Gasteiger partial charge in [-0.1, -0.05) is 43.9 Å². The van der Waals surface area contributed by atoms with Gasteiger partial charge in [0.15, 0.2) is 0 Å². The minimum absolute atomic E-state index is 0.172. The topological polar surface area (TPSA) is 32.3 Å². The first kappa shape index (κ1) is 13.9. The predicted octanol–water partition coefficient (Wildman–Crippen LogP) is 3.46. The summed E-state index contributed by atoms with van der Waals surface area (Å²) < 4.78 is 1.37. The number of hydrogen-bond acceptors (Lipinski definition) is 2. The van der Waals surface area contributed by atoms with Gasteiger partial charge < -0.3 is 5.32 Å². The molecule has 17 heavy (non-hydrogen) atoms. The molecule has 0 aromatic heterocycles. The van der Waals surface area contributed by atoms with Crippen molar-refractivity contribution in [2.75, 3.05) is 10.8 Å². The van der Waals surface area contributed by atoms with E-state index in [0.29, 0.717) is 6.54 Å². The molecular weight excluding hydrogens is 232 g/mol. The van der Waals surface area contributed by atoms with E-state index < -0.39 is 0 Å². The Morgan fingerprint density at radius 2 is 2.12 bits per heavy atom. The first-order valence-electron chi connectivity index (χ1n) is 5.90. The minimum atomic E-state index is -0.172. The van der Waals surface area contributed by atoms with Gasteiger partial charge >= 0.3 is 6.03 Å². The molecule has 1 N–H and O–H groups in total. The lowest BCUT2D eigenvalue weighted by Crippen LogP contribution is -2.34. The highest BCUT2D eigenvalue weighted by Gasteiger charge is 2.13. The van der Waals surface area contributed by atoms with Gasteiger partial charge in [-0.3, -0.25) is 0 Å². The number of thiol groups is 1. The van der Waals surface area contributed by atoms with Crippen molar-refractivity contribution < 1.29 is 4.79 Å². The van der Waals surface area contributed by atoms with Crippen LogP contribution in [0.5, 0.6) is 0 Å². The highest BCUT2D eigenvalue weighted by molar-refractivity contribution is 7.82. The zero-order valence-electron chi connectivity index (χ0n) is 10.7. The van der Waals surface area contributed by atoms with E-state index in [2.05, 4.69) is 25.1 Å². The molecule has 0 saturated heterocycles. The Morgan fingerprint density at radius 1 is 1.41 bits per heavy atom. The fraction of sp³-hybridized carbons (Fsp3) is 0.462. The Morgan fingerprint density at radius 3 is 2.71 bits per heavy atom. The molecule has 0 saturated carbocycles. The van der Waals surface area contributed by atoms with Crippen LogP contribution in [0, 0.1) is 13.8 Å². The fourth-order valence-corrected chi connectivity index (χ4v) is 1.89. The number of benzene rings is 1. The monoisotopic (exact) mass is 252 g/mol. The Labute approximate surface area is 109 Å². The van der Waals surface area contributed by atoms with Gasteiger partial charge in [-0.05, 0) is 31.9 Å². The molecule has 0 aliphatic heterocycles. The van der Waals surface area contributed by atoms with Crippen LogP contribution in [0.1, 0.15) is 30.9 Å². The Kier molecular flexibility index (Phi) is 5.35. The molecule has 1 aromatic rings. The lowest BCUT2D eigenvalue weighted by molar-refractivity contribution is 0.250. The van der Waals surface area contributed by atoms with Crippen LogP contribution in [-0.2, 0) is 0 Å². The largest absolute Gasteiger partial charge is 0.337 e. The highest BCUT2D eigenvalue weighted by Crippen LogP contribution is 2.22. The van der Waals surface area contributed by atoms with Crippen LogP contribution in [0.4, 0.5) is 10.5 Å². The second-order valence-electron chi connectivity index (χ2n) is 4.19. The third-order valence-electron chi connectivity index (χ3n) is 2.58. The third-order valence-corrected chi connectivity index (χ3v) is 2.98. The van der Waals surface area contributed by atoms with Crippen LogP contribution in [0.3, 0.4) is 0 Å². The van der Waals surface area contributed by atoms with Gasteiger partial charge in [0, 0.05) is 6.54 Å². The van der Waals surface area contributed by atoms with E-state index >= 15 is 0 Å². The summed E-state index contributed by atoms with van der Waals surface area (Å²) in [6, 6.07) is 5.76. The van der Waals surface area contributed by atoms with Gasteiger partial charge in [-0.25, -0.2) is 9.10 Å². The molecule has 2 amide bonds. The van der Waals surface area contributed by atoms with Crippen LogP contribution in [0.25, 0.3) is 0 Å². The number of carbonyl (C=O) groups is 1. The van der Waals surface area contributed by atoms with Gasteiger partial charge in [0.25, 0.3) is 0 Å². The third kappa shape index (κ3) is 3.97. The summed E-state index contributed by atoms with van der Waals surface area (Å²) in [5.41, 5.74) is 3.05. The second-order valence-corrected chi connectivity index (χ2v) is 4.59. The minimum Gasteiger partial charge on any atom is -0.337 e. The van der Waals surface area contributed by atoms with Crippen molar-refractivity contribution in [2.24, 2.45) is 0 Å². The summed E-state index contributed by atoms with van der Waals surface area (Å²) in [6.07, 6.45) is 2.05. The molecule has 94 valence electrons. The van der Waals surface area contributed by atoms with Crippen molar-refractivity contribution in [1.29, 1.82) is 0 Å². The van der Waals surface area contributed by atoms with E-state index in [9.17, 15) is 4.79 Å². The lowest BCUT2D eigenvalue weighted by atomic mass is 10.1. The van der Waals surface area contributed by atoms with E-state index in [1.54, 1.807) is 0 Å². The number of anilines is 1. The van der Waals surface area contributed by atoms with Crippen LogP contribution in [-0.4, -0.2) is 12.6 Å². The molecule has 0 heterocycles. The molecule has 0 aliphatic carbocycles. The number of nitrogens with zero attached hydrogens (tertiary/aromatic N) is 1. The number of unbranched alkanes of at least 4 members (excludes halogenated alkanes) is 1. The van der Waals surface area contributed by atoms with E-state index in [-0.39, 0.29) is 6.03 Å². The maximum atomic E-state index is 11.8. The Hall–Kier alpha value is -1.16. The van der Waals surface area contributed by atoms with Gasteiger partial charge in [-0.15, -0.1) is 0 Å². The molecule has 0 fully saturated rings. The highest BCUT2D eigenvalue weighted by atomic mass is 32.1. The van der Waals surface area contributed by atoms with E-state index in [4.69, 9.17) is 0 Å². The standard InChI is InChI=1S/C13H20N2OS/c1-4-5-8-14-13(16)15(17)12-7-6-10(2)9-11(12)3/h6-7,9,17H,4-5,8H2,1-3H3,(H,14,16). The average molecular weight is 252 g/mol. The molecule has 1 aromatic carbocycles. The smallest absolute Gasteiger partial charge is 0.331 e. The summed E-state index contributed by atoms with van der Waals surface area (Å²) in [5.74, 6) is 0. The Bertz CT molecular complexity index is 393. The van der Waals surface area contributed by atoms with Gasteiger partial charge in [0.2, 0.25) is 0 Å². The van der Waals surface area contributed by atoms with E-state index in [1.807, 2.05) is 32.0 Å². The van der Waals surface area contributed by atoms with Crippen molar-refractivity contribution in [3.05, 3.63) is 29.3 Å². The molecule has 0 aliphatic rings. The van der Waals surface area contributed by atoms with Gasteiger partial charge in [0.1, 0.15) is 0 Å². The zero-order valence-corrected chi connectivity index (χ0v) is 11.6. The van der Waals surface area contributed by atoms with Crippen LogP contribution in [0.2, 0.25) is 0 Å². The van der Waals surface area contributed by atoms with Gasteiger partial charge in [-0.2, -0.15) is 0 Å². The van der Waals surface area contributed by atoms with Crippen molar-refractivity contribution in [3.63, 3.8) is 0 Å². The summed E-state index contributed by atoms with van der Waals surface area (Å²) in [5, 5.41) is 2.83. The summed E-state index contributed by atoms with van der Waals surface area (Å²) in [4.78, 5) is 11.8. The maximum absolute atomic E-state index is 11.8. The SMILES string of the molecule is CCCCNC(=O)N(S)c1ccc(C)cc1C. The van der Waals surface area contributed by atoms with Crippen molar-refractivity contribution >= 4 is 24.5 Å². The maximum Gasteiger partial charge on any atom is 0.331 e. The molecule has 0 spiro atoms. The number of carbonyl (C=O) groups excluding carboxylic acids is 1. The van der Waals surface area contributed by atoms with Crippen LogP contribution < -0.4 is 9.62 Å². The fourth-order valence-electron chi connectivity index (χ4n) is 1.60. The van der Waals surface area contributed by atoms with E-state index in [0.717, 1.165) is 24.1 Å². The normalized spacial score (nSPS) is 10.1. The molecule has 0 atom stereocenters. The number of rotatable bonds is 4. The number of nitrogens with one attached hydrogen (secondary N) is 1. The molecule has 1 rings (SSSR count). The number of urea groups is 1. The lowest BCUT2D eigenvalue weighted by Gasteiger charge is -2.18. The number of aryl methyl sites for hydroxylation is 2. The first-order valence-corrected chi connectivity index (χ1v) is 6.30. The van der Waals surface area contributed by atoms with Crippen molar-refractivity contribution in [3.8, 4) is 0 Å². The number of amides is 2. The zero-order chi connectivity index (χ0) is 12.8. The summed E-state index contributed by atoms with van der Waals surface area (Å²) >= 11 is 4.24. The van der Waals surface area contributed by atoms with Crippen LogP contribution >= 0.6 is 12.8 Å². The van der Waals surface area contributed by atoms with E-state index in [1.165, 1.54) is 9.87 Å². The molecule has 0 bridgehead atoms. The molecule has 0 unspecified atom stereocenters.